The summed E-state index contributed by atoms with van der Waals surface area (Å²) >= 11 is 1.59. The van der Waals surface area contributed by atoms with Crippen LogP contribution in [-0.2, 0) is 12.2 Å². The lowest BCUT2D eigenvalue weighted by molar-refractivity contribution is 0.382. The Labute approximate surface area is 166 Å². The molecule has 0 amide bonds. The quantitative estimate of drug-likeness (QED) is 0.314. The third-order valence-electron chi connectivity index (χ3n) is 4.54. The highest BCUT2D eigenvalue weighted by Gasteiger charge is 2.15. The fourth-order valence-electron chi connectivity index (χ4n) is 3.33. The predicted octanol–water partition coefficient (Wildman–Crippen LogP) is 4.91. The summed E-state index contributed by atoms with van der Waals surface area (Å²) in [7, 11) is 0. The van der Waals surface area contributed by atoms with Crippen LogP contribution in [0.3, 0.4) is 0 Å². The van der Waals surface area contributed by atoms with Crippen LogP contribution in [0.1, 0.15) is 25.6 Å². The zero-order valence-electron chi connectivity index (χ0n) is 15.7. The molecule has 0 radical (unpaired) electrons. The molecule has 0 fully saturated rings. The van der Waals surface area contributed by atoms with Gasteiger partial charge in [0.05, 0.1) is 22.3 Å². The van der Waals surface area contributed by atoms with Gasteiger partial charge >= 0.3 is 0 Å². The van der Waals surface area contributed by atoms with E-state index < -0.39 is 0 Å². The number of para-hydroxylation sites is 3. The van der Waals surface area contributed by atoms with E-state index in [1.54, 1.807) is 11.8 Å². The number of hydrogen-bond donors (Lipinski definition) is 0. The summed E-state index contributed by atoms with van der Waals surface area (Å²) in [5.41, 5.74) is 3.85. The van der Waals surface area contributed by atoms with Crippen LogP contribution in [-0.4, -0.2) is 24.5 Å². The molecule has 0 spiro atoms. The monoisotopic (exact) mass is 389 g/mol. The average Bonchev–Trinajstić information content (AvgIpc) is 3.30. The second-order valence-electron chi connectivity index (χ2n) is 7.16. The standard InChI is InChI=1S/C21H19N5OS/c1-13(2)11-18-24-19(27-25-18)12-28-21-23-15-8-4-3-7-14(15)20-22-16-9-5-6-10-17(16)26(20)21/h3-10,13H,11-12H2,1-2H3. The van der Waals surface area contributed by atoms with Crippen molar-refractivity contribution in [1.29, 1.82) is 0 Å². The van der Waals surface area contributed by atoms with Gasteiger partial charge in [0, 0.05) is 11.8 Å². The summed E-state index contributed by atoms with van der Waals surface area (Å²) < 4.78 is 7.54. The van der Waals surface area contributed by atoms with E-state index in [4.69, 9.17) is 14.5 Å². The molecule has 3 heterocycles. The number of rotatable bonds is 5. The number of imidazole rings is 1. The Bertz CT molecular complexity index is 1290. The van der Waals surface area contributed by atoms with Crippen LogP contribution >= 0.6 is 11.8 Å². The first-order chi connectivity index (χ1) is 13.7. The zero-order valence-corrected chi connectivity index (χ0v) is 16.5. The van der Waals surface area contributed by atoms with Gasteiger partial charge in [-0.05, 0) is 30.2 Å². The van der Waals surface area contributed by atoms with Crippen LogP contribution in [0.4, 0.5) is 0 Å². The molecule has 28 heavy (non-hydrogen) atoms. The average molecular weight is 389 g/mol. The van der Waals surface area contributed by atoms with E-state index in [0.29, 0.717) is 17.6 Å². The molecule has 7 heteroatoms. The lowest BCUT2D eigenvalue weighted by Crippen LogP contribution is -1.98. The van der Waals surface area contributed by atoms with Gasteiger partial charge in [0.25, 0.3) is 0 Å². The Morgan fingerprint density at radius 3 is 2.61 bits per heavy atom. The molecule has 0 bridgehead atoms. The van der Waals surface area contributed by atoms with Crippen molar-refractivity contribution in [2.24, 2.45) is 5.92 Å². The lowest BCUT2D eigenvalue weighted by Gasteiger charge is -2.07. The third kappa shape index (κ3) is 3.01. The number of benzene rings is 2. The minimum Gasteiger partial charge on any atom is -0.338 e. The van der Waals surface area contributed by atoms with E-state index in [2.05, 4.69) is 40.5 Å². The normalized spacial score (nSPS) is 12.0. The summed E-state index contributed by atoms with van der Waals surface area (Å²) in [6.45, 7) is 4.29. The number of hydrogen-bond acceptors (Lipinski definition) is 6. The fourth-order valence-corrected chi connectivity index (χ4v) is 4.18. The Kier molecular flexibility index (Phi) is 4.24. The van der Waals surface area contributed by atoms with Crippen molar-refractivity contribution in [3.05, 3.63) is 60.2 Å². The highest BCUT2D eigenvalue weighted by Crippen LogP contribution is 2.30. The zero-order chi connectivity index (χ0) is 19.1. The van der Waals surface area contributed by atoms with Crippen molar-refractivity contribution in [3.63, 3.8) is 0 Å². The Hall–Kier alpha value is -2.93. The lowest BCUT2D eigenvalue weighted by atomic mass is 10.1. The molecule has 5 rings (SSSR count). The van der Waals surface area contributed by atoms with Crippen LogP contribution in [0.2, 0.25) is 0 Å². The van der Waals surface area contributed by atoms with Gasteiger partial charge in [0.15, 0.2) is 11.0 Å². The summed E-state index contributed by atoms with van der Waals surface area (Å²) in [5, 5.41) is 5.99. The van der Waals surface area contributed by atoms with Crippen molar-refractivity contribution in [3.8, 4) is 0 Å². The summed E-state index contributed by atoms with van der Waals surface area (Å²) in [5.74, 6) is 2.44. The van der Waals surface area contributed by atoms with E-state index in [1.807, 2.05) is 36.4 Å². The number of nitrogens with zero attached hydrogens (tertiary/aromatic N) is 5. The molecule has 140 valence electrons. The van der Waals surface area contributed by atoms with Crippen LogP contribution in [0.5, 0.6) is 0 Å². The molecule has 0 saturated carbocycles. The smallest absolute Gasteiger partial charge is 0.237 e. The van der Waals surface area contributed by atoms with Crippen LogP contribution in [0.15, 0.2) is 58.2 Å². The minimum absolute atomic E-state index is 0.497. The summed E-state index contributed by atoms with van der Waals surface area (Å²) in [4.78, 5) is 14.3. The maximum atomic E-state index is 5.42. The predicted molar refractivity (Wildman–Crippen MR) is 110 cm³/mol. The van der Waals surface area contributed by atoms with Crippen LogP contribution in [0, 0.1) is 5.92 Å². The van der Waals surface area contributed by atoms with Crippen molar-refractivity contribution in [2.45, 2.75) is 31.2 Å². The molecule has 5 aromatic rings. The minimum atomic E-state index is 0.497. The van der Waals surface area contributed by atoms with Gasteiger partial charge in [0.2, 0.25) is 5.89 Å². The van der Waals surface area contributed by atoms with E-state index in [9.17, 15) is 0 Å². The van der Waals surface area contributed by atoms with Crippen molar-refractivity contribution in [1.82, 2.24) is 24.5 Å². The van der Waals surface area contributed by atoms with E-state index in [0.717, 1.165) is 45.0 Å². The molecule has 0 aliphatic carbocycles. The second kappa shape index (κ2) is 6.91. The third-order valence-corrected chi connectivity index (χ3v) is 5.46. The maximum absolute atomic E-state index is 5.42. The number of aromatic nitrogens is 5. The van der Waals surface area contributed by atoms with Crippen LogP contribution in [0.25, 0.3) is 27.6 Å². The van der Waals surface area contributed by atoms with Gasteiger partial charge in [-0.3, -0.25) is 4.40 Å². The van der Waals surface area contributed by atoms with Crippen molar-refractivity contribution in [2.75, 3.05) is 0 Å². The first kappa shape index (κ1) is 17.2. The van der Waals surface area contributed by atoms with Gasteiger partial charge in [-0.15, -0.1) is 0 Å². The summed E-state index contributed by atoms with van der Waals surface area (Å²) in [6.07, 6.45) is 0.818. The first-order valence-corrected chi connectivity index (χ1v) is 10.3. The molecule has 0 aliphatic heterocycles. The van der Waals surface area contributed by atoms with Gasteiger partial charge in [-0.2, -0.15) is 4.98 Å². The topological polar surface area (TPSA) is 69.1 Å². The fraction of sp³-hybridized carbons (Fsp3) is 0.238. The SMILES string of the molecule is CC(C)Cc1noc(CSc2nc3ccccc3c3nc4ccccc4n23)n1. The molecule has 0 aliphatic rings. The number of fused-ring (bicyclic) bond motifs is 5. The van der Waals surface area contributed by atoms with E-state index in [-0.39, 0.29) is 0 Å². The molecule has 0 saturated heterocycles. The van der Waals surface area contributed by atoms with Crippen molar-refractivity contribution < 1.29 is 4.52 Å². The van der Waals surface area contributed by atoms with Gasteiger partial charge in [-0.1, -0.05) is 55.0 Å². The Morgan fingerprint density at radius 1 is 0.964 bits per heavy atom. The van der Waals surface area contributed by atoms with E-state index in [1.165, 1.54) is 0 Å². The maximum Gasteiger partial charge on any atom is 0.237 e. The molecule has 3 aromatic heterocycles. The molecule has 2 aromatic carbocycles. The summed E-state index contributed by atoms with van der Waals surface area (Å²) in [6, 6.07) is 16.2. The molecule has 0 N–H and O–H groups in total. The van der Waals surface area contributed by atoms with Crippen molar-refractivity contribution >= 4 is 39.3 Å². The first-order valence-electron chi connectivity index (χ1n) is 9.29. The van der Waals surface area contributed by atoms with Gasteiger partial charge in [-0.25, -0.2) is 9.97 Å². The highest BCUT2D eigenvalue weighted by atomic mass is 32.2. The Balaban J connectivity index is 1.58. The molecule has 6 nitrogen and oxygen atoms in total. The molecular formula is C21H19N5OS. The van der Waals surface area contributed by atoms with Crippen LogP contribution < -0.4 is 0 Å². The molecule has 0 unspecified atom stereocenters. The number of thioether (sulfide) groups is 1. The largest absolute Gasteiger partial charge is 0.338 e. The second-order valence-corrected chi connectivity index (χ2v) is 8.10. The molecular weight excluding hydrogens is 370 g/mol. The highest BCUT2D eigenvalue weighted by molar-refractivity contribution is 7.98. The Morgan fingerprint density at radius 2 is 1.75 bits per heavy atom. The van der Waals surface area contributed by atoms with Gasteiger partial charge < -0.3 is 4.52 Å². The van der Waals surface area contributed by atoms with Gasteiger partial charge in [0.1, 0.15) is 5.65 Å². The van der Waals surface area contributed by atoms with E-state index >= 15 is 0 Å². The molecule has 0 atom stereocenters.